The van der Waals surface area contributed by atoms with Crippen LogP contribution in [-0.2, 0) is 0 Å². The maximum atomic E-state index is 5.20. The lowest BCUT2D eigenvalue weighted by Crippen LogP contribution is -2.22. The third-order valence-corrected chi connectivity index (χ3v) is 3.14. The predicted molar refractivity (Wildman–Crippen MR) is 71.8 cm³/mol. The Bertz CT molecular complexity index is 644. The van der Waals surface area contributed by atoms with Crippen LogP contribution >= 0.6 is 0 Å². The second kappa shape index (κ2) is 5.24. The van der Waals surface area contributed by atoms with Gasteiger partial charge in [0, 0.05) is 23.5 Å². The second-order valence-electron chi connectivity index (χ2n) is 4.45. The SMILES string of the molecule is CCCNC(c1ccoc1)c1cnn2ccncc12. The first-order valence-corrected chi connectivity index (χ1v) is 6.43. The van der Waals surface area contributed by atoms with Crippen molar-refractivity contribution < 1.29 is 4.42 Å². The number of fused-ring (bicyclic) bond motifs is 1. The van der Waals surface area contributed by atoms with Gasteiger partial charge in [-0.25, -0.2) is 4.52 Å². The van der Waals surface area contributed by atoms with Gasteiger partial charge in [-0.1, -0.05) is 6.92 Å². The van der Waals surface area contributed by atoms with E-state index >= 15 is 0 Å². The van der Waals surface area contributed by atoms with Crippen molar-refractivity contribution in [3.05, 3.63) is 54.5 Å². The van der Waals surface area contributed by atoms with Gasteiger partial charge in [0.1, 0.15) is 0 Å². The number of hydrogen-bond donors (Lipinski definition) is 1. The minimum Gasteiger partial charge on any atom is -0.472 e. The number of rotatable bonds is 5. The van der Waals surface area contributed by atoms with E-state index in [-0.39, 0.29) is 6.04 Å². The van der Waals surface area contributed by atoms with Crippen LogP contribution < -0.4 is 5.32 Å². The zero-order valence-electron chi connectivity index (χ0n) is 10.8. The molecule has 0 aromatic carbocycles. The molecule has 3 aromatic rings. The fraction of sp³-hybridized carbons (Fsp3) is 0.286. The molecular weight excluding hydrogens is 240 g/mol. The lowest BCUT2D eigenvalue weighted by molar-refractivity contribution is 0.549. The average Bonchev–Trinajstić information content (AvgIpc) is 3.09. The van der Waals surface area contributed by atoms with Crippen LogP contribution in [0.15, 0.2) is 47.8 Å². The van der Waals surface area contributed by atoms with E-state index in [2.05, 4.69) is 22.3 Å². The molecule has 19 heavy (non-hydrogen) atoms. The van der Waals surface area contributed by atoms with E-state index in [1.165, 1.54) is 0 Å². The molecule has 98 valence electrons. The molecule has 0 aliphatic rings. The molecule has 0 radical (unpaired) electrons. The molecule has 3 aromatic heterocycles. The molecule has 0 aliphatic heterocycles. The van der Waals surface area contributed by atoms with Crippen LogP contribution in [0.2, 0.25) is 0 Å². The number of furan rings is 1. The van der Waals surface area contributed by atoms with Crippen molar-refractivity contribution >= 4 is 5.52 Å². The van der Waals surface area contributed by atoms with Crippen molar-refractivity contribution in [2.45, 2.75) is 19.4 Å². The lowest BCUT2D eigenvalue weighted by Gasteiger charge is -2.15. The highest BCUT2D eigenvalue weighted by molar-refractivity contribution is 5.55. The Morgan fingerprint density at radius 1 is 1.42 bits per heavy atom. The highest BCUT2D eigenvalue weighted by Gasteiger charge is 2.18. The predicted octanol–water partition coefficient (Wildman–Crippen LogP) is 2.41. The summed E-state index contributed by atoms with van der Waals surface area (Å²) in [5.41, 5.74) is 3.23. The Morgan fingerprint density at radius 2 is 2.37 bits per heavy atom. The van der Waals surface area contributed by atoms with Gasteiger partial charge in [0.15, 0.2) is 0 Å². The van der Waals surface area contributed by atoms with Gasteiger partial charge in [-0.3, -0.25) is 4.98 Å². The molecule has 5 nitrogen and oxygen atoms in total. The number of aromatic nitrogens is 3. The number of hydrogen-bond acceptors (Lipinski definition) is 4. The molecule has 0 fully saturated rings. The van der Waals surface area contributed by atoms with Crippen molar-refractivity contribution in [2.24, 2.45) is 0 Å². The smallest absolute Gasteiger partial charge is 0.0953 e. The molecule has 1 N–H and O–H groups in total. The Kier molecular flexibility index (Phi) is 3.29. The third kappa shape index (κ3) is 2.24. The summed E-state index contributed by atoms with van der Waals surface area (Å²) in [5.74, 6) is 0. The molecule has 3 rings (SSSR count). The number of nitrogens with zero attached hydrogens (tertiary/aromatic N) is 3. The van der Waals surface area contributed by atoms with Crippen molar-refractivity contribution in [2.75, 3.05) is 6.54 Å². The fourth-order valence-electron chi connectivity index (χ4n) is 2.21. The Hall–Kier alpha value is -2.14. The molecule has 0 saturated carbocycles. The molecule has 0 spiro atoms. The van der Waals surface area contributed by atoms with E-state index in [9.17, 15) is 0 Å². The van der Waals surface area contributed by atoms with E-state index in [1.54, 1.807) is 18.7 Å². The van der Waals surface area contributed by atoms with Crippen LogP contribution in [0.3, 0.4) is 0 Å². The van der Waals surface area contributed by atoms with Gasteiger partial charge in [-0.15, -0.1) is 0 Å². The summed E-state index contributed by atoms with van der Waals surface area (Å²) in [5, 5.41) is 7.89. The Labute approximate surface area is 111 Å². The molecule has 0 saturated heterocycles. The van der Waals surface area contributed by atoms with Crippen LogP contribution in [0, 0.1) is 0 Å². The van der Waals surface area contributed by atoms with Crippen molar-refractivity contribution in [1.82, 2.24) is 19.9 Å². The zero-order valence-corrected chi connectivity index (χ0v) is 10.8. The van der Waals surface area contributed by atoms with Crippen LogP contribution in [-0.4, -0.2) is 21.1 Å². The lowest BCUT2D eigenvalue weighted by atomic mass is 10.0. The topological polar surface area (TPSA) is 55.4 Å². The minimum atomic E-state index is 0.0837. The maximum Gasteiger partial charge on any atom is 0.0953 e. The van der Waals surface area contributed by atoms with Crippen molar-refractivity contribution in [3.8, 4) is 0 Å². The minimum absolute atomic E-state index is 0.0837. The Balaban J connectivity index is 2.03. The quantitative estimate of drug-likeness (QED) is 0.761. The van der Waals surface area contributed by atoms with Gasteiger partial charge < -0.3 is 9.73 Å². The molecule has 1 atom stereocenters. The summed E-state index contributed by atoms with van der Waals surface area (Å²) in [6.45, 7) is 3.09. The van der Waals surface area contributed by atoms with Gasteiger partial charge in [-0.05, 0) is 19.0 Å². The molecule has 0 amide bonds. The summed E-state index contributed by atoms with van der Waals surface area (Å²) < 4.78 is 7.04. The summed E-state index contributed by atoms with van der Waals surface area (Å²) in [4.78, 5) is 4.18. The van der Waals surface area contributed by atoms with Crippen LogP contribution in [0.5, 0.6) is 0 Å². The van der Waals surface area contributed by atoms with Crippen LogP contribution in [0.1, 0.15) is 30.5 Å². The standard InChI is InChI=1S/C14H16N4O/c1-2-4-16-14(11-3-7-19-10-11)12-8-17-18-6-5-15-9-13(12)18/h3,5-10,14,16H,2,4H2,1H3. The monoisotopic (exact) mass is 256 g/mol. The van der Waals surface area contributed by atoms with Gasteiger partial charge in [0.2, 0.25) is 0 Å². The molecular formula is C14H16N4O. The maximum absolute atomic E-state index is 5.20. The van der Waals surface area contributed by atoms with E-state index < -0.39 is 0 Å². The van der Waals surface area contributed by atoms with E-state index in [0.29, 0.717) is 0 Å². The van der Waals surface area contributed by atoms with Gasteiger partial charge in [0.05, 0.1) is 36.5 Å². The van der Waals surface area contributed by atoms with Crippen LogP contribution in [0.4, 0.5) is 0 Å². The first-order chi connectivity index (χ1) is 9.40. The normalized spacial score (nSPS) is 12.9. The first-order valence-electron chi connectivity index (χ1n) is 6.43. The molecule has 0 bridgehead atoms. The molecule has 3 heterocycles. The molecule has 0 aliphatic carbocycles. The summed E-state index contributed by atoms with van der Waals surface area (Å²) in [7, 11) is 0. The Morgan fingerprint density at radius 3 is 3.16 bits per heavy atom. The van der Waals surface area contributed by atoms with E-state index in [1.807, 2.05) is 29.2 Å². The first kappa shape index (κ1) is 11.9. The largest absolute Gasteiger partial charge is 0.472 e. The van der Waals surface area contributed by atoms with Crippen LogP contribution in [0.25, 0.3) is 5.52 Å². The molecule has 5 heteroatoms. The van der Waals surface area contributed by atoms with E-state index in [0.717, 1.165) is 29.6 Å². The highest BCUT2D eigenvalue weighted by atomic mass is 16.3. The van der Waals surface area contributed by atoms with Gasteiger partial charge >= 0.3 is 0 Å². The van der Waals surface area contributed by atoms with Gasteiger partial charge in [0.25, 0.3) is 0 Å². The number of nitrogens with one attached hydrogen (secondary N) is 1. The third-order valence-electron chi connectivity index (χ3n) is 3.14. The fourth-order valence-corrected chi connectivity index (χ4v) is 2.21. The van der Waals surface area contributed by atoms with Crippen molar-refractivity contribution in [3.63, 3.8) is 0 Å². The summed E-state index contributed by atoms with van der Waals surface area (Å²) in [6, 6.07) is 2.06. The highest BCUT2D eigenvalue weighted by Crippen LogP contribution is 2.25. The summed E-state index contributed by atoms with van der Waals surface area (Å²) >= 11 is 0. The summed E-state index contributed by atoms with van der Waals surface area (Å²) in [6.07, 6.45) is 11.8. The van der Waals surface area contributed by atoms with E-state index in [4.69, 9.17) is 4.42 Å². The van der Waals surface area contributed by atoms with Crippen molar-refractivity contribution in [1.29, 1.82) is 0 Å². The second-order valence-corrected chi connectivity index (χ2v) is 4.45. The van der Waals surface area contributed by atoms with Gasteiger partial charge in [-0.2, -0.15) is 5.10 Å². The molecule has 1 unspecified atom stereocenters. The average molecular weight is 256 g/mol. The zero-order chi connectivity index (χ0) is 13.1.